The van der Waals surface area contributed by atoms with Crippen LogP contribution < -0.4 is 11.5 Å². The molecule has 1 amide bonds. The number of hydrogen-bond acceptors (Lipinski definition) is 7. The smallest absolute Gasteiger partial charge is 0.276 e. The molecule has 0 atom stereocenters. The molecule has 0 aliphatic carbocycles. The highest BCUT2D eigenvalue weighted by Crippen LogP contribution is 2.37. The standard InChI is InChI=1S/C13H15ClN6OS/c1-13(2)5-20(4-6-9(13)19-12(16)22-6)11(21)8-10(15)18-7(14)3-17-8/h3H,4-5H2,1-2H3,(H2,15,18)(H2,16,19). The number of rotatable bonds is 1. The molecule has 0 bridgehead atoms. The van der Waals surface area contributed by atoms with Crippen LogP contribution in [0, 0.1) is 0 Å². The van der Waals surface area contributed by atoms with Gasteiger partial charge in [0.15, 0.2) is 16.6 Å². The van der Waals surface area contributed by atoms with Gasteiger partial charge in [0, 0.05) is 16.8 Å². The largest absolute Gasteiger partial charge is 0.382 e. The number of nitrogens with zero attached hydrogens (tertiary/aromatic N) is 4. The van der Waals surface area contributed by atoms with Gasteiger partial charge in [-0.3, -0.25) is 4.79 Å². The first kappa shape index (κ1) is 15.0. The number of amides is 1. The van der Waals surface area contributed by atoms with Gasteiger partial charge >= 0.3 is 0 Å². The van der Waals surface area contributed by atoms with Gasteiger partial charge in [0.25, 0.3) is 5.91 Å². The Morgan fingerprint density at radius 2 is 2.14 bits per heavy atom. The van der Waals surface area contributed by atoms with Crippen molar-refractivity contribution in [2.75, 3.05) is 18.0 Å². The van der Waals surface area contributed by atoms with Gasteiger partial charge in [-0.25, -0.2) is 15.0 Å². The van der Waals surface area contributed by atoms with Gasteiger partial charge in [-0.1, -0.05) is 25.4 Å². The maximum absolute atomic E-state index is 12.7. The Morgan fingerprint density at radius 3 is 2.82 bits per heavy atom. The number of carbonyl (C=O) groups is 1. The summed E-state index contributed by atoms with van der Waals surface area (Å²) in [6.07, 6.45) is 1.32. The minimum Gasteiger partial charge on any atom is -0.382 e. The normalized spacial score (nSPS) is 16.4. The number of nitrogen functional groups attached to an aromatic ring is 2. The lowest BCUT2D eigenvalue weighted by molar-refractivity contribution is 0.0682. The summed E-state index contributed by atoms with van der Waals surface area (Å²) >= 11 is 7.12. The van der Waals surface area contributed by atoms with Crippen molar-refractivity contribution in [3.05, 3.63) is 27.6 Å². The molecule has 116 valence electrons. The van der Waals surface area contributed by atoms with Crippen molar-refractivity contribution in [2.45, 2.75) is 25.8 Å². The summed E-state index contributed by atoms with van der Waals surface area (Å²) in [5, 5.41) is 0.670. The van der Waals surface area contributed by atoms with Crippen molar-refractivity contribution in [1.82, 2.24) is 19.9 Å². The van der Waals surface area contributed by atoms with Gasteiger partial charge in [0.1, 0.15) is 5.15 Å². The molecule has 1 aliphatic rings. The van der Waals surface area contributed by atoms with Crippen molar-refractivity contribution in [2.24, 2.45) is 0 Å². The topological polar surface area (TPSA) is 111 Å². The second-order valence-corrected chi connectivity index (χ2v) is 7.30. The molecule has 9 heteroatoms. The molecule has 2 aromatic rings. The minimum absolute atomic E-state index is 0.0323. The van der Waals surface area contributed by atoms with E-state index >= 15 is 0 Å². The van der Waals surface area contributed by atoms with E-state index in [1.165, 1.54) is 17.5 Å². The van der Waals surface area contributed by atoms with Crippen molar-refractivity contribution < 1.29 is 4.79 Å². The summed E-state index contributed by atoms with van der Waals surface area (Å²) < 4.78 is 0. The van der Waals surface area contributed by atoms with Crippen LogP contribution >= 0.6 is 22.9 Å². The number of nitrogens with two attached hydrogens (primary N) is 2. The molecule has 0 fully saturated rings. The lowest BCUT2D eigenvalue weighted by atomic mass is 9.85. The Labute approximate surface area is 136 Å². The van der Waals surface area contributed by atoms with Crippen LogP contribution in [0.3, 0.4) is 0 Å². The molecule has 1 aliphatic heterocycles. The van der Waals surface area contributed by atoms with Crippen LogP contribution in [0.5, 0.6) is 0 Å². The Bertz CT molecular complexity index is 759. The molecule has 3 heterocycles. The number of aromatic nitrogens is 3. The average molecular weight is 339 g/mol. The highest BCUT2D eigenvalue weighted by atomic mass is 35.5. The zero-order chi connectivity index (χ0) is 16.1. The first-order valence-electron chi connectivity index (χ1n) is 6.61. The summed E-state index contributed by atoms with van der Waals surface area (Å²) in [6.45, 7) is 5.00. The molecule has 0 saturated carbocycles. The molecular weight excluding hydrogens is 324 g/mol. The fourth-order valence-corrected chi connectivity index (χ4v) is 3.79. The average Bonchev–Trinajstić information content (AvgIpc) is 2.79. The number of anilines is 2. The van der Waals surface area contributed by atoms with Gasteiger partial charge in [-0.15, -0.1) is 11.3 Å². The van der Waals surface area contributed by atoms with E-state index in [0.717, 1.165) is 10.6 Å². The van der Waals surface area contributed by atoms with Gasteiger partial charge in [-0.2, -0.15) is 0 Å². The van der Waals surface area contributed by atoms with E-state index in [4.69, 9.17) is 23.1 Å². The van der Waals surface area contributed by atoms with Crippen LogP contribution in [-0.4, -0.2) is 32.3 Å². The van der Waals surface area contributed by atoms with Gasteiger partial charge in [-0.05, 0) is 0 Å². The predicted octanol–water partition coefficient (Wildman–Crippen LogP) is 1.68. The van der Waals surface area contributed by atoms with E-state index in [1.807, 2.05) is 13.8 Å². The van der Waals surface area contributed by atoms with Crippen LogP contribution in [0.4, 0.5) is 10.9 Å². The molecule has 2 aromatic heterocycles. The molecule has 0 radical (unpaired) electrons. The molecule has 3 rings (SSSR count). The number of hydrogen-bond donors (Lipinski definition) is 2. The van der Waals surface area contributed by atoms with E-state index in [0.29, 0.717) is 18.2 Å². The Hall–Kier alpha value is -1.93. The van der Waals surface area contributed by atoms with E-state index < -0.39 is 0 Å². The number of carbonyl (C=O) groups excluding carboxylic acids is 1. The summed E-state index contributed by atoms with van der Waals surface area (Å²) in [5.41, 5.74) is 12.3. The van der Waals surface area contributed by atoms with E-state index in [1.54, 1.807) is 4.90 Å². The van der Waals surface area contributed by atoms with Crippen molar-refractivity contribution in [1.29, 1.82) is 0 Å². The molecule has 0 aromatic carbocycles. The molecule has 7 nitrogen and oxygen atoms in total. The van der Waals surface area contributed by atoms with Gasteiger partial charge in [0.2, 0.25) is 0 Å². The first-order valence-corrected chi connectivity index (χ1v) is 7.80. The zero-order valence-electron chi connectivity index (χ0n) is 12.1. The minimum atomic E-state index is -0.286. The fraction of sp³-hybridized carbons (Fsp3) is 0.385. The second-order valence-electron chi connectivity index (χ2n) is 5.80. The van der Waals surface area contributed by atoms with Crippen molar-refractivity contribution in [3.63, 3.8) is 0 Å². The molecule has 0 spiro atoms. The number of fused-ring (bicyclic) bond motifs is 1. The lowest BCUT2D eigenvalue weighted by Gasteiger charge is -2.36. The van der Waals surface area contributed by atoms with E-state index in [2.05, 4.69) is 15.0 Å². The summed E-state index contributed by atoms with van der Waals surface area (Å²) in [4.78, 5) is 27.6. The Morgan fingerprint density at radius 1 is 1.41 bits per heavy atom. The monoisotopic (exact) mass is 338 g/mol. The number of halogens is 1. The SMILES string of the molecule is CC1(C)CN(C(=O)c2ncc(Cl)nc2N)Cc2sc(N)nc21. The highest BCUT2D eigenvalue weighted by Gasteiger charge is 2.37. The maximum Gasteiger partial charge on any atom is 0.276 e. The third kappa shape index (κ3) is 2.48. The maximum atomic E-state index is 12.7. The van der Waals surface area contributed by atoms with Gasteiger partial charge < -0.3 is 16.4 Å². The fourth-order valence-electron chi connectivity index (χ4n) is 2.63. The molecule has 0 saturated heterocycles. The van der Waals surface area contributed by atoms with Crippen LogP contribution in [0.2, 0.25) is 5.15 Å². The predicted molar refractivity (Wildman–Crippen MR) is 85.7 cm³/mol. The Kier molecular flexibility index (Phi) is 3.45. The first-order chi connectivity index (χ1) is 10.3. The zero-order valence-corrected chi connectivity index (χ0v) is 13.7. The molecule has 22 heavy (non-hydrogen) atoms. The third-order valence-electron chi connectivity index (χ3n) is 3.54. The molecule has 0 unspecified atom stereocenters. The summed E-state index contributed by atoms with van der Waals surface area (Å²) in [6, 6.07) is 0. The Balaban J connectivity index is 1.95. The van der Waals surface area contributed by atoms with E-state index in [-0.39, 0.29) is 28.0 Å². The van der Waals surface area contributed by atoms with Gasteiger partial charge in [0.05, 0.1) is 18.4 Å². The quantitative estimate of drug-likeness (QED) is 0.818. The summed E-state index contributed by atoms with van der Waals surface area (Å²) in [7, 11) is 0. The molecular formula is C13H15ClN6OS. The summed E-state index contributed by atoms with van der Waals surface area (Å²) in [5.74, 6) is -0.239. The third-order valence-corrected chi connectivity index (χ3v) is 4.59. The van der Waals surface area contributed by atoms with Crippen LogP contribution in [-0.2, 0) is 12.0 Å². The lowest BCUT2D eigenvalue weighted by Crippen LogP contribution is -2.45. The van der Waals surface area contributed by atoms with Crippen LogP contribution in [0.1, 0.15) is 34.9 Å². The molecule has 4 N–H and O–H groups in total. The van der Waals surface area contributed by atoms with Crippen molar-refractivity contribution >= 4 is 39.8 Å². The highest BCUT2D eigenvalue weighted by molar-refractivity contribution is 7.15. The number of thiazole rings is 1. The van der Waals surface area contributed by atoms with Crippen LogP contribution in [0.25, 0.3) is 0 Å². The van der Waals surface area contributed by atoms with E-state index in [9.17, 15) is 4.79 Å². The van der Waals surface area contributed by atoms with Crippen molar-refractivity contribution in [3.8, 4) is 0 Å². The second kappa shape index (κ2) is 5.06. The van der Waals surface area contributed by atoms with Crippen LogP contribution in [0.15, 0.2) is 6.20 Å².